The molecule has 1 aliphatic rings. The van der Waals surface area contributed by atoms with Crippen LogP contribution in [0.4, 0.5) is 14.8 Å². The van der Waals surface area contributed by atoms with Crippen molar-refractivity contribution in [1.29, 1.82) is 0 Å². The number of sulfonamides is 1. The summed E-state index contributed by atoms with van der Waals surface area (Å²) in [6.45, 7) is 2.06. The molecular weight excluding hydrogens is 378 g/mol. The predicted octanol–water partition coefficient (Wildman–Crippen LogP) is 2.92. The summed E-state index contributed by atoms with van der Waals surface area (Å²) >= 11 is 0. The maximum Gasteiger partial charge on any atom is 0.322 e. The standard InChI is InChI=1S/C17H22F2N4O3S/c1-2-27(24,25)20-10-11-3-6-13(7-4-11)21-17-22-16(23-26-17)14-9-12(18)5-8-15(14)19/h5,8-9,11,13,20H,2-4,6-7,10H2,1H3,(H,21,22,23)/t11-,13-. The Morgan fingerprint density at radius 1 is 1.22 bits per heavy atom. The highest BCUT2D eigenvalue weighted by molar-refractivity contribution is 7.89. The first kappa shape index (κ1) is 19.7. The Balaban J connectivity index is 1.53. The second-order valence-corrected chi connectivity index (χ2v) is 8.76. The lowest BCUT2D eigenvalue weighted by Crippen LogP contribution is -2.34. The van der Waals surface area contributed by atoms with Crippen LogP contribution in [0.1, 0.15) is 32.6 Å². The van der Waals surface area contributed by atoms with E-state index < -0.39 is 21.7 Å². The molecule has 0 spiro atoms. The van der Waals surface area contributed by atoms with E-state index in [0.29, 0.717) is 12.5 Å². The molecule has 1 aromatic carbocycles. The average molecular weight is 400 g/mol. The quantitative estimate of drug-likeness (QED) is 0.742. The van der Waals surface area contributed by atoms with E-state index in [4.69, 9.17) is 4.52 Å². The molecule has 10 heteroatoms. The van der Waals surface area contributed by atoms with E-state index in [-0.39, 0.29) is 29.2 Å². The molecule has 1 saturated carbocycles. The summed E-state index contributed by atoms with van der Waals surface area (Å²) in [6.07, 6.45) is 3.38. The van der Waals surface area contributed by atoms with Crippen molar-refractivity contribution in [2.75, 3.05) is 17.6 Å². The van der Waals surface area contributed by atoms with Crippen LogP contribution in [0, 0.1) is 17.6 Å². The predicted molar refractivity (Wildman–Crippen MR) is 96.5 cm³/mol. The van der Waals surface area contributed by atoms with Crippen molar-refractivity contribution in [3.63, 3.8) is 0 Å². The monoisotopic (exact) mass is 400 g/mol. The number of halogens is 2. The van der Waals surface area contributed by atoms with Crippen LogP contribution in [0.3, 0.4) is 0 Å². The zero-order valence-corrected chi connectivity index (χ0v) is 15.7. The van der Waals surface area contributed by atoms with Gasteiger partial charge in [-0.05, 0) is 56.7 Å². The molecule has 0 unspecified atom stereocenters. The summed E-state index contributed by atoms with van der Waals surface area (Å²) < 4.78 is 57.8. The number of hydrogen-bond acceptors (Lipinski definition) is 6. The Morgan fingerprint density at radius 3 is 2.67 bits per heavy atom. The number of anilines is 1. The van der Waals surface area contributed by atoms with Crippen LogP contribution >= 0.6 is 0 Å². The van der Waals surface area contributed by atoms with Crippen molar-refractivity contribution in [1.82, 2.24) is 14.9 Å². The normalized spacial score (nSPS) is 20.6. The van der Waals surface area contributed by atoms with E-state index in [1.54, 1.807) is 6.92 Å². The molecule has 27 heavy (non-hydrogen) atoms. The minimum Gasteiger partial charge on any atom is -0.335 e. The van der Waals surface area contributed by atoms with E-state index in [0.717, 1.165) is 43.9 Å². The van der Waals surface area contributed by atoms with Crippen molar-refractivity contribution in [3.05, 3.63) is 29.8 Å². The Hall–Kier alpha value is -2.07. The van der Waals surface area contributed by atoms with Gasteiger partial charge in [0.1, 0.15) is 11.6 Å². The number of benzene rings is 1. The summed E-state index contributed by atoms with van der Waals surface area (Å²) in [5, 5.41) is 6.82. The number of aromatic nitrogens is 2. The van der Waals surface area contributed by atoms with Gasteiger partial charge in [-0.25, -0.2) is 21.9 Å². The third kappa shape index (κ3) is 5.23. The van der Waals surface area contributed by atoms with Gasteiger partial charge in [-0.1, -0.05) is 5.16 Å². The molecule has 2 N–H and O–H groups in total. The Kier molecular flexibility index (Phi) is 6.05. The van der Waals surface area contributed by atoms with Gasteiger partial charge >= 0.3 is 6.01 Å². The molecule has 1 aromatic heterocycles. The highest BCUT2D eigenvalue weighted by atomic mass is 32.2. The van der Waals surface area contributed by atoms with Crippen LogP contribution < -0.4 is 10.0 Å². The first-order valence-electron chi connectivity index (χ1n) is 8.89. The molecule has 0 amide bonds. The topological polar surface area (TPSA) is 97.1 Å². The summed E-state index contributed by atoms with van der Waals surface area (Å²) in [7, 11) is -3.17. The summed E-state index contributed by atoms with van der Waals surface area (Å²) in [4.78, 5) is 4.09. The fraction of sp³-hybridized carbons (Fsp3) is 0.529. The zero-order valence-electron chi connectivity index (χ0n) is 14.9. The van der Waals surface area contributed by atoms with Crippen LogP contribution in [0.5, 0.6) is 0 Å². The summed E-state index contributed by atoms with van der Waals surface area (Å²) in [5.74, 6) is -0.849. The van der Waals surface area contributed by atoms with Gasteiger partial charge in [-0.15, -0.1) is 0 Å². The van der Waals surface area contributed by atoms with E-state index in [1.807, 2.05) is 0 Å². The molecular formula is C17H22F2N4O3S. The first-order chi connectivity index (χ1) is 12.9. The Labute approximate surface area is 156 Å². The molecule has 1 aliphatic carbocycles. The lowest BCUT2D eigenvalue weighted by atomic mass is 9.86. The highest BCUT2D eigenvalue weighted by Crippen LogP contribution is 2.27. The van der Waals surface area contributed by atoms with E-state index >= 15 is 0 Å². The fourth-order valence-electron chi connectivity index (χ4n) is 3.09. The van der Waals surface area contributed by atoms with Crippen LogP contribution in [-0.4, -0.2) is 36.9 Å². The van der Waals surface area contributed by atoms with E-state index in [9.17, 15) is 17.2 Å². The van der Waals surface area contributed by atoms with Crippen molar-refractivity contribution in [2.24, 2.45) is 5.92 Å². The van der Waals surface area contributed by atoms with Crippen molar-refractivity contribution < 1.29 is 21.7 Å². The van der Waals surface area contributed by atoms with Gasteiger partial charge in [0.15, 0.2) is 0 Å². The van der Waals surface area contributed by atoms with Crippen LogP contribution in [0.15, 0.2) is 22.7 Å². The lowest BCUT2D eigenvalue weighted by Gasteiger charge is -2.28. The molecule has 1 fully saturated rings. The lowest BCUT2D eigenvalue weighted by molar-refractivity contribution is 0.330. The largest absolute Gasteiger partial charge is 0.335 e. The minimum atomic E-state index is -3.17. The average Bonchev–Trinajstić information content (AvgIpc) is 3.11. The van der Waals surface area contributed by atoms with Gasteiger partial charge in [0, 0.05) is 12.6 Å². The van der Waals surface area contributed by atoms with Crippen molar-refractivity contribution in [3.8, 4) is 11.4 Å². The third-order valence-corrected chi connectivity index (χ3v) is 6.11. The minimum absolute atomic E-state index is 0.0165. The van der Waals surface area contributed by atoms with Gasteiger partial charge in [-0.3, -0.25) is 0 Å². The SMILES string of the molecule is CCS(=O)(=O)NC[C@H]1CC[C@H](Nc2nc(-c3cc(F)ccc3F)no2)CC1. The number of hydrogen-bond donors (Lipinski definition) is 2. The van der Waals surface area contributed by atoms with Crippen LogP contribution in [0.25, 0.3) is 11.4 Å². The molecule has 148 valence electrons. The number of nitrogens with one attached hydrogen (secondary N) is 2. The van der Waals surface area contributed by atoms with E-state index in [2.05, 4.69) is 20.2 Å². The van der Waals surface area contributed by atoms with Gasteiger partial charge in [0.25, 0.3) is 0 Å². The highest BCUT2D eigenvalue weighted by Gasteiger charge is 2.24. The summed E-state index contributed by atoms with van der Waals surface area (Å²) in [6, 6.07) is 3.32. The Bertz CT molecular complexity index is 880. The zero-order chi connectivity index (χ0) is 19.4. The smallest absolute Gasteiger partial charge is 0.322 e. The second kappa shape index (κ2) is 8.30. The molecule has 1 heterocycles. The van der Waals surface area contributed by atoms with Gasteiger partial charge < -0.3 is 9.84 Å². The maximum absolute atomic E-state index is 13.8. The fourth-order valence-corrected chi connectivity index (χ4v) is 3.79. The molecule has 0 bridgehead atoms. The molecule has 0 radical (unpaired) electrons. The molecule has 0 saturated heterocycles. The molecule has 7 nitrogen and oxygen atoms in total. The molecule has 0 atom stereocenters. The van der Waals surface area contributed by atoms with Crippen molar-refractivity contribution in [2.45, 2.75) is 38.6 Å². The molecule has 2 aromatic rings. The summed E-state index contributed by atoms with van der Waals surface area (Å²) in [5.41, 5.74) is -0.0567. The van der Waals surface area contributed by atoms with Crippen LogP contribution in [-0.2, 0) is 10.0 Å². The van der Waals surface area contributed by atoms with Gasteiger partial charge in [-0.2, -0.15) is 4.98 Å². The van der Waals surface area contributed by atoms with E-state index in [1.165, 1.54) is 0 Å². The first-order valence-corrected chi connectivity index (χ1v) is 10.5. The number of nitrogens with zero attached hydrogens (tertiary/aromatic N) is 2. The number of rotatable bonds is 7. The Morgan fingerprint density at radius 2 is 1.96 bits per heavy atom. The third-order valence-electron chi connectivity index (χ3n) is 4.74. The van der Waals surface area contributed by atoms with Gasteiger partial charge in [0.2, 0.25) is 15.8 Å². The molecule has 3 rings (SSSR count). The second-order valence-electron chi connectivity index (χ2n) is 6.66. The maximum atomic E-state index is 13.8. The van der Waals surface area contributed by atoms with Gasteiger partial charge in [0.05, 0.1) is 11.3 Å². The molecule has 0 aliphatic heterocycles. The van der Waals surface area contributed by atoms with Crippen molar-refractivity contribution >= 4 is 16.0 Å². The van der Waals surface area contributed by atoms with Crippen LogP contribution in [0.2, 0.25) is 0 Å².